The Balaban J connectivity index is 1.93. The first-order valence-corrected chi connectivity index (χ1v) is 5.44. The van der Waals surface area contributed by atoms with Crippen LogP contribution in [0.3, 0.4) is 0 Å². The van der Waals surface area contributed by atoms with Crippen molar-refractivity contribution in [3.05, 3.63) is 35.9 Å². The third-order valence-corrected chi connectivity index (χ3v) is 2.63. The van der Waals surface area contributed by atoms with Gasteiger partial charge in [-0.1, -0.05) is 30.3 Å². The van der Waals surface area contributed by atoms with Crippen molar-refractivity contribution in [2.75, 3.05) is 26.3 Å². The molecule has 1 aromatic carbocycles. The van der Waals surface area contributed by atoms with Gasteiger partial charge in [0, 0.05) is 25.7 Å². The molecule has 3 heteroatoms. The first-order valence-electron chi connectivity index (χ1n) is 5.44. The van der Waals surface area contributed by atoms with Crippen molar-refractivity contribution in [3.63, 3.8) is 0 Å². The van der Waals surface area contributed by atoms with Gasteiger partial charge in [-0.2, -0.15) is 0 Å². The van der Waals surface area contributed by atoms with Crippen LogP contribution in [-0.2, 0) is 11.3 Å². The first-order chi connectivity index (χ1) is 7.34. The molecule has 1 aliphatic rings. The molecule has 1 aliphatic heterocycles. The van der Waals surface area contributed by atoms with Crippen LogP contribution in [0.15, 0.2) is 30.3 Å². The quantitative estimate of drug-likeness (QED) is 0.779. The molecule has 0 bridgehead atoms. The van der Waals surface area contributed by atoms with E-state index in [1.165, 1.54) is 5.56 Å². The molecule has 82 valence electrons. The Labute approximate surface area is 90.8 Å². The van der Waals surface area contributed by atoms with Crippen LogP contribution in [0, 0.1) is 0 Å². The van der Waals surface area contributed by atoms with Gasteiger partial charge in [0.2, 0.25) is 0 Å². The molecule has 0 aliphatic carbocycles. The van der Waals surface area contributed by atoms with Gasteiger partial charge in [-0.3, -0.25) is 4.90 Å². The highest BCUT2D eigenvalue weighted by molar-refractivity contribution is 5.14. The van der Waals surface area contributed by atoms with Crippen LogP contribution in [0.1, 0.15) is 5.56 Å². The zero-order valence-corrected chi connectivity index (χ0v) is 8.93. The smallest absolute Gasteiger partial charge is 0.0630 e. The second-order valence-corrected chi connectivity index (χ2v) is 4.06. The van der Waals surface area contributed by atoms with Gasteiger partial charge >= 0.3 is 0 Å². The second-order valence-electron chi connectivity index (χ2n) is 4.06. The number of hydrogen-bond donors (Lipinski definition) is 1. The third kappa shape index (κ3) is 3.30. The van der Waals surface area contributed by atoms with Crippen LogP contribution < -0.4 is 5.73 Å². The van der Waals surface area contributed by atoms with Gasteiger partial charge in [-0.15, -0.1) is 0 Å². The lowest BCUT2D eigenvalue weighted by Gasteiger charge is -2.21. The third-order valence-electron chi connectivity index (χ3n) is 2.63. The number of nitrogens with zero attached hydrogens (tertiary/aromatic N) is 1. The molecule has 15 heavy (non-hydrogen) atoms. The van der Waals surface area contributed by atoms with Gasteiger partial charge in [-0.05, 0) is 5.56 Å². The van der Waals surface area contributed by atoms with E-state index in [1.54, 1.807) is 0 Å². The fraction of sp³-hybridized carbons (Fsp3) is 0.500. The largest absolute Gasteiger partial charge is 0.378 e. The van der Waals surface area contributed by atoms with E-state index in [1.807, 2.05) is 6.07 Å². The summed E-state index contributed by atoms with van der Waals surface area (Å²) in [5, 5.41) is 0. The monoisotopic (exact) mass is 206 g/mol. The van der Waals surface area contributed by atoms with Crippen LogP contribution in [0.5, 0.6) is 0 Å². The van der Waals surface area contributed by atoms with E-state index in [9.17, 15) is 0 Å². The minimum Gasteiger partial charge on any atom is -0.378 e. The molecule has 2 rings (SSSR count). The molecule has 2 N–H and O–H groups in total. The maximum absolute atomic E-state index is 5.91. The number of nitrogens with two attached hydrogens (primary N) is 1. The maximum Gasteiger partial charge on any atom is 0.0630 e. The Kier molecular flexibility index (Phi) is 3.72. The number of rotatable bonds is 2. The molecule has 1 saturated heterocycles. The average Bonchev–Trinajstić information content (AvgIpc) is 2.44. The molecule has 0 spiro atoms. The van der Waals surface area contributed by atoms with Crippen LogP contribution >= 0.6 is 0 Å². The molecular formula is C12H18N2O. The molecule has 0 unspecified atom stereocenters. The van der Waals surface area contributed by atoms with Crippen molar-refractivity contribution in [1.82, 2.24) is 4.90 Å². The van der Waals surface area contributed by atoms with Crippen molar-refractivity contribution >= 4 is 0 Å². The lowest BCUT2D eigenvalue weighted by atomic mass is 10.2. The van der Waals surface area contributed by atoms with Gasteiger partial charge in [0.15, 0.2) is 0 Å². The Morgan fingerprint density at radius 1 is 1.33 bits per heavy atom. The maximum atomic E-state index is 5.91. The van der Waals surface area contributed by atoms with Crippen molar-refractivity contribution in [2.45, 2.75) is 12.6 Å². The van der Waals surface area contributed by atoms with E-state index in [2.05, 4.69) is 29.2 Å². The summed E-state index contributed by atoms with van der Waals surface area (Å²) in [7, 11) is 0. The van der Waals surface area contributed by atoms with Crippen LogP contribution in [-0.4, -0.2) is 37.2 Å². The molecule has 1 heterocycles. The average molecular weight is 206 g/mol. The molecule has 1 aromatic rings. The summed E-state index contributed by atoms with van der Waals surface area (Å²) in [6.45, 7) is 4.35. The summed E-state index contributed by atoms with van der Waals surface area (Å²) < 4.78 is 5.41. The van der Waals surface area contributed by atoms with E-state index in [-0.39, 0.29) is 6.04 Å². The van der Waals surface area contributed by atoms with Gasteiger partial charge in [0.05, 0.1) is 13.2 Å². The highest BCUT2D eigenvalue weighted by atomic mass is 16.5. The zero-order valence-electron chi connectivity index (χ0n) is 8.93. The topological polar surface area (TPSA) is 38.5 Å². The van der Waals surface area contributed by atoms with Gasteiger partial charge in [-0.25, -0.2) is 0 Å². The van der Waals surface area contributed by atoms with Crippen molar-refractivity contribution < 1.29 is 4.74 Å². The summed E-state index contributed by atoms with van der Waals surface area (Å²) in [5.41, 5.74) is 7.25. The summed E-state index contributed by atoms with van der Waals surface area (Å²) in [4.78, 5) is 2.35. The van der Waals surface area contributed by atoms with E-state index in [4.69, 9.17) is 10.5 Å². The number of ether oxygens (including phenoxy) is 1. The lowest BCUT2D eigenvalue weighted by Crippen LogP contribution is -2.37. The first kappa shape index (κ1) is 10.6. The van der Waals surface area contributed by atoms with Crippen molar-refractivity contribution in [2.24, 2.45) is 5.73 Å². The summed E-state index contributed by atoms with van der Waals surface area (Å²) >= 11 is 0. The Hall–Kier alpha value is -0.900. The summed E-state index contributed by atoms with van der Waals surface area (Å²) in [5.74, 6) is 0. The van der Waals surface area contributed by atoms with Crippen LogP contribution in [0.25, 0.3) is 0 Å². The standard InChI is InChI=1S/C12H18N2O/c13-12-9-14(6-7-15-10-12)8-11-4-2-1-3-5-11/h1-5,12H,6-10,13H2/t12-/m1/s1. The second kappa shape index (κ2) is 5.26. The molecule has 3 nitrogen and oxygen atoms in total. The fourth-order valence-corrected chi connectivity index (χ4v) is 1.89. The fourth-order valence-electron chi connectivity index (χ4n) is 1.89. The van der Waals surface area contributed by atoms with Crippen molar-refractivity contribution in [3.8, 4) is 0 Å². The molecule has 1 fully saturated rings. The van der Waals surface area contributed by atoms with Gasteiger partial charge < -0.3 is 10.5 Å². The molecule has 0 aromatic heterocycles. The van der Waals surface area contributed by atoms with Gasteiger partial charge in [0.1, 0.15) is 0 Å². The Morgan fingerprint density at radius 3 is 2.93 bits per heavy atom. The normalized spacial score (nSPS) is 23.7. The zero-order chi connectivity index (χ0) is 10.5. The SMILES string of the molecule is N[C@H]1COCCN(Cc2ccccc2)C1. The molecular weight excluding hydrogens is 188 g/mol. The number of hydrogen-bond acceptors (Lipinski definition) is 3. The van der Waals surface area contributed by atoms with Crippen molar-refractivity contribution in [1.29, 1.82) is 0 Å². The minimum atomic E-state index is 0.149. The van der Waals surface area contributed by atoms with Gasteiger partial charge in [0.25, 0.3) is 0 Å². The Bertz CT molecular complexity index is 289. The molecule has 0 amide bonds. The summed E-state index contributed by atoms with van der Waals surface area (Å²) in [6, 6.07) is 10.6. The minimum absolute atomic E-state index is 0.149. The lowest BCUT2D eigenvalue weighted by molar-refractivity contribution is 0.135. The van der Waals surface area contributed by atoms with Crippen LogP contribution in [0.4, 0.5) is 0 Å². The number of benzene rings is 1. The van der Waals surface area contributed by atoms with E-state index >= 15 is 0 Å². The van der Waals surface area contributed by atoms with E-state index in [0.717, 1.165) is 26.2 Å². The molecule has 0 saturated carbocycles. The van der Waals surface area contributed by atoms with E-state index < -0.39 is 0 Å². The van der Waals surface area contributed by atoms with Crippen LogP contribution in [0.2, 0.25) is 0 Å². The highest BCUT2D eigenvalue weighted by Crippen LogP contribution is 2.06. The highest BCUT2D eigenvalue weighted by Gasteiger charge is 2.14. The van der Waals surface area contributed by atoms with E-state index in [0.29, 0.717) is 6.61 Å². The predicted molar refractivity (Wildman–Crippen MR) is 60.5 cm³/mol. The predicted octanol–water partition coefficient (Wildman–Crippen LogP) is 0.846. The summed E-state index contributed by atoms with van der Waals surface area (Å²) in [6.07, 6.45) is 0. The Morgan fingerprint density at radius 2 is 2.13 bits per heavy atom. The molecule has 1 atom stereocenters. The molecule has 0 radical (unpaired) electrons.